The summed E-state index contributed by atoms with van der Waals surface area (Å²) in [6.07, 6.45) is 0.976. The molecule has 0 aliphatic rings. The van der Waals surface area contributed by atoms with Gasteiger partial charge in [-0.2, -0.15) is 0 Å². The van der Waals surface area contributed by atoms with Crippen LogP contribution in [0.4, 0.5) is 0 Å². The minimum absolute atomic E-state index is 0.392. The molecule has 82 valence electrons. The highest BCUT2D eigenvalue weighted by molar-refractivity contribution is 5.74. The van der Waals surface area contributed by atoms with Gasteiger partial charge in [-0.15, -0.1) is 0 Å². The first kappa shape index (κ1) is 10.7. The second-order valence-electron chi connectivity index (χ2n) is 3.98. The smallest absolute Gasteiger partial charge is 0.126 e. The molecule has 0 spiro atoms. The second-order valence-corrected chi connectivity index (χ2v) is 3.98. The lowest BCUT2D eigenvalue weighted by Gasteiger charge is -2.11. The Morgan fingerprint density at radius 1 is 0.938 bits per heavy atom. The quantitative estimate of drug-likeness (QED) is 0.799. The topological polar surface area (TPSA) is 20.2 Å². The Kier molecular flexibility index (Phi) is 2.95. The van der Waals surface area contributed by atoms with Gasteiger partial charge >= 0.3 is 0 Å². The van der Waals surface area contributed by atoms with Crippen LogP contribution < -0.4 is 0 Å². The molecule has 2 rings (SSSR count). The third-order valence-electron chi connectivity index (χ3n) is 2.93. The van der Waals surface area contributed by atoms with Crippen LogP contribution in [0.15, 0.2) is 42.5 Å². The number of phenols is 1. The van der Waals surface area contributed by atoms with E-state index in [9.17, 15) is 5.11 Å². The molecule has 2 aromatic rings. The number of aryl methyl sites for hydroxylation is 2. The first-order chi connectivity index (χ1) is 7.74. The average Bonchev–Trinajstić information content (AvgIpc) is 2.33. The highest BCUT2D eigenvalue weighted by Gasteiger charge is 2.08. The van der Waals surface area contributed by atoms with E-state index in [4.69, 9.17) is 0 Å². The summed E-state index contributed by atoms with van der Waals surface area (Å²) in [4.78, 5) is 0. The van der Waals surface area contributed by atoms with Crippen molar-refractivity contribution in [2.45, 2.75) is 20.3 Å². The van der Waals surface area contributed by atoms with Gasteiger partial charge in [-0.05, 0) is 30.0 Å². The molecular formula is C15H16O. The number of phenolic OH excluding ortho intramolecular Hbond substituents is 1. The van der Waals surface area contributed by atoms with Gasteiger partial charge in [-0.3, -0.25) is 0 Å². The first-order valence-electron chi connectivity index (χ1n) is 5.61. The maximum absolute atomic E-state index is 10.1. The van der Waals surface area contributed by atoms with Gasteiger partial charge in [0.05, 0.1) is 0 Å². The van der Waals surface area contributed by atoms with Crippen molar-refractivity contribution in [1.82, 2.24) is 0 Å². The monoisotopic (exact) mass is 212 g/mol. The van der Waals surface area contributed by atoms with E-state index in [1.54, 1.807) is 0 Å². The van der Waals surface area contributed by atoms with Gasteiger partial charge in [0, 0.05) is 5.56 Å². The third-order valence-corrected chi connectivity index (χ3v) is 2.93. The van der Waals surface area contributed by atoms with Gasteiger partial charge in [-0.1, -0.05) is 49.4 Å². The van der Waals surface area contributed by atoms with E-state index < -0.39 is 0 Å². The molecule has 0 saturated heterocycles. The van der Waals surface area contributed by atoms with Crippen LogP contribution in [0.1, 0.15) is 18.1 Å². The van der Waals surface area contributed by atoms with Crippen molar-refractivity contribution >= 4 is 0 Å². The molecule has 0 radical (unpaired) electrons. The lowest BCUT2D eigenvalue weighted by Crippen LogP contribution is -1.88. The van der Waals surface area contributed by atoms with E-state index in [1.165, 1.54) is 5.56 Å². The van der Waals surface area contributed by atoms with Crippen LogP contribution in [0.3, 0.4) is 0 Å². The van der Waals surface area contributed by atoms with E-state index in [-0.39, 0.29) is 0 Å². The van der Waals surface area contributed by atoms with Crippen molar-refractivity contribution in [1.29, 1.82) is 0 Å². The molecular weight excluding hydrogens is 196 g/mol. The fraction of sp³-hybridized carbons (Fsp3) is 0.200. The Morgan fingerprint density at radius 3 is 2.38 bits per heavy atom. The maximum atomic E-state index is 10.1. The van der Waals surface area contributed by atoms with Crippen molar-refractivity contribution in [3.63, 3.8) is 0 Å². The largest absolute Gasteiger partial charge is 0.507 e. The van der Waals surface area contributed by atoms with E-state index in [0.29, 0.717) is 5.75 Å². The summed E-state index contributed by atoms with van der Waals surface area (Å²) in [6, 6.07) is 14.1. The number of benzene rings is 2. The molecule has 0 amide bonds. The molecule has 1 N–H and O–H groups in total. The predicted molar refractivity (Wildman–Crippen MR) is 67.7 cm³/mol. The first-order valence-corrected chi connectivity index (χ1v) is 5.61. The third kappa shape index (κ3) is 1.81. The zero-order valence-electron chi connectivity index (χ0n) is 9.70. The fourth-order valence-electron chi connectivity index (χ4n) is 1.97. The molecule has 0 heterocycles. The van der Waals surface area contributed by atoms with Crippen molar-refractivity contribution in [3.8, 4) is 16.9 Å². The Hall–Kier alpha value is -1.76. The molecule has 1 nitrogen and oxygen atoms in total. The predicted octanol–water partition coefficient (Wildman–Crippen LogP) is 3.93. The Morgan fingerprint density at radius 2 is 1.62 bits per heavy atom. The summed E-state index contributed by atoms with van der Waals surface area (Å²) in [6.45, 7) is 4.05. The maximum Gasteiger partial charge on any atom is 0.126 e. The zero-order valence-corrected chi connectivity index (χ0v) is 9.70. The summed E-state index contributed by atoms with van der Waals surface area (Å²) < 4.78 is 0. The molecule has 0 aromatic heterocycles. The minimum atomic E-state index is 0.392. The van der Waals surface area contributed by atoms with E-state index in [0.717, 1.165) is 23.1 Å². The van der Waals surface area contributed by atoms with Gasteiger partial charge in [0.15, 0.2) is 0 Å². The molecule has 0 saturated carbocycles. The molecule has 0 bridgehead atoms. The van der Waals surface area contributed by atoms with Crippen LogP contribution in [-0.4, -0.2) is 5.11 Å². The average molecular weight is 212 g/mol. The highest BCUT2D eigenvalue weighted by atomic mass is 16.3. The van der Waals surface area contributed by atoms with Crippen LogP contribution in [0.5, 0.6) is 5.75 Å². The standard InChI is InChI=1S/C15H16O/c1-3-12-8-4-5-9-13(12)14-10-6-7-11(2)15(14)16/h4-10,16H,3H2,1-2H3. The second kappa shape index (κ2) is 4.40. The molecule has 0 fully saturated rings. The number of hydrogen-bond acceptors (Lipinski definition) is 1. The molecule has 0 atom stereocenters. The summed E-state index contributed by atoms with van der Waals surface area (Å²) in [5.74, 6) is 0.392. The van der Waals surface area contributed by atoms with Crippen LogP contribution in [0.25, 0.3) is 11.1 Å². The lowest BCUT2D eigenvalue weighted by molar-refractivity contribution is 0.473. The Bertz CT molecular complexity index is 501. The molecule has 0 aliphatic heterocycles. The molecule has 2 aromatic carbocycles. The van der Waals surface area contributed by atoms with E-state index >= 15 is 0 Å². The van der Waals surface area contributed by atoms with Crippen LogP contribution in [0, 0.1) is 6.92 Å². The van der Waals surface area contributed by atoms with Gasteiger partial charge in [0.2, 0.25) is 0 Å². The number of rotatable bonds is 2. The normalized spacial score (nSPS) is 10.4. The van der Waals surface area contributed by atoms with Crippen LogP contribution >= 0.6 is 0 Å². The van der Waals surface area contributed by atoms with Crippen LogP contribution in [0.2, 0.25) is 0 Å². The van der Waals surface area contributed by atoms with E-state index in [1.807, 2.05) is 37.3 Å². The summed E-state index contributed by atoms with van der Waals surface area (Å²) in [7, 11) is 0. The highest BCUT2D eigenvalue weighted by Crippen LogP contribution is 2.33. The molecule has 0 aliphatic carbocycles. The van der Waals surface area contributed by atoms with Crippen molar-refractivity contribution in [3.05, 3.63) is 53.6 Å². The van der Waals surface area contributed by atoms with Crippen molar-refractivity contribution in [2.75, 3.05) is 0 Å². The Balaban J connectivity index is 2.63. The number of hydrogen-bond donors (Lipinski definition) is 1. The fourth-order valence-corrected chi connectivity index (χ4v) is 1.97. The molecule has 16 heavy (non-hydrogen) atoms. The van der Waals surface area contributed by atoms with Gasteiger partial charge in [0.25, 0.3) is 0 Å². The SMILES string of the molecule is CCc1ccccc1-c1cccc(C)c1O. The Labute approximate surface area is 96.4 Å². The lowest BCUT2D eigenvalue weighted by atomic mass is 9.96. The number of aromatic hydroxyl groups is 1. The minimum Gasteiger partial charge on any atom is -0.507 e. The summed E-state index contributed by atoms with van der Waals surface area (Å²) >= 11 is 0. The van der Waals surface area contributed by atoms with Crippen molar-refractivity contribution < 1.29 is 5.11 Å². The summed E-state index contributed by atoms with van der Waals surface area (Å²) in [5, 5.41) is 10.1. The van der Waals surface area contributed by atoms with Gasteiger partial charge in [0.1, 0.15) is 5.75 Å². The summed E-state index contributed by atoms with van der Waals surface area (Å²) in [5.41, 5.74) is 4.25. The van der Waals surface area contributed by atoms with E-state index in [2.05, 4.69) is 19.1 Å². The molecule has 0 unspecified atom stereocenters. The van der Waals surface area contributed by atoms with Gasteiger partial charge < -0.3 is 5.11 Å². The number of para-hydroxylation sites is 1. The van der Waals surface area contributed by atoms with Crippen molar-refractivity contribution in [2.24, 2.45) is 0 Å². The van der Waals surface area contributed by atoms with Crippen LogP contribution in [-0.2, 0) is 6.42 Å². The molecule has 1 heteroatoms. The zero-order chi connectivity index (χ0) is 11.5. The van der Waals surface area contributed by atoms with Gasteiger partial charge in [-0.25, -0.2) is 0 Å².